The summed E-state index contributed by atoms with van der Waals surface area (Å²) in [6.45, 7) is 6.64. The molecular formula is C24H30ClN3O6S. The maximum Gasteiger partial charge on any atom is 0.244 e. The number of rotatable bonds is 8. The maximum absolute atomic E-state index is 13.6. The Kier molecular flexibility index (Phi) is 7.86. The normalized spacial score (nSPS) is 13.8. The summed E-state index contributed by atoms with van der Waals surface area (Å²) in [6.07, 6.45) is 1.01. The summed E-state index contributed by atoms with van der Waals surface area (Å²) in [5.74, 6) is -0.0627. The molecule has 0 spiro atoms. The van der Waals surface area contributed by atoms with Gasteiger partial charge in [0.05, 0.1) is 11.9 Å². The number of carbonyl (C=O) groups is 2. The monoisotopic (exact) mass is 523 g/mol. The second kappa shape index (κ2) is 10.3. The Balaban J connectivity index is 1.93. The molecule has 0 fully saturated rings. The van der Waals surface area contributed by atoms with Crippen LogP contribution in [0.1, 0.15) is 33.3 Å². The number of hydrogen-bond donors (Lipinski definition) is 1. The molecule has 1 aliphatic rings. The highest BCUT2D eigenvalue weighted by atomic mass is 35.5. The van der Waals surface area contributed by atoms with Crippen molar-refractivity contribution in [2.75, 3.05) is 23.9 Å². The molecule has 2 aromatic rings. The topological polar surface area (TPSA) is 105 Å². The molecule has 3 rings (SSSR count). The van der Waals surface area contributed by atoms with Crippen LogP contribution in [0.3, 0.4) is 0 Å². The lowest BCUT2D eigenvalue weighted by atomic mass is 10.1. The summed E-state index contributed by atoms with van der Waals surface area (Å²) in [5.41, 5.74) is 0.358. The number of amides is 2. The van der Waals surface area contributed by atoms with E-state index in [1.165, 1.54) is 17.0 Å². The highest BCUT2D eigenvalue weighted by Crippen LogP contribution is 2.36. The zero-order chi connectivity index (χ0) is 26.0. The van der Waals surface area contributed by atoms with Gasteiger partial charge in [0.2, 0.25) is 28.6 Å². The third kappa shape index (κ3) is 6.79. The van der Waals surface area contributed by atoms with Gasteiger partial charge in [0.1, 0.15) is 12.6 Å². The summed E-state index contributed by atoms with van der Waals surface area (Å²) in [4.78, 5) is 27.9. The number of carbonyl (C=O) groups excluding carboxylic acids is 2. The van der Waals surface area contributed by atoms with Crippen LogP contribution in [0.15, 0.2) is 42.5 Å². The predicted molar refractivity (Wildman–Crippen MR) is 134 cm³/mol. The average Bonchev–Trinajstić information content (AvgIpc) is 3.22. The van der Waals surface area contributed by atoms with Crippen LogP contribution in [-0.4, -0.2) is 56.3 Å². The van der Waals surface area contributed by atoms with E-state index in [0.717, 1.165) is 10.6 Å². The van der Waals surface area contributed by atoms with Crippen molar-refractivity contribution in [2.24, 2.45) is 0 Å². The number of ether oxygens (including phenoxy) is 2. The second-order valence-corrected chi connectivity index (χ2v) is 11.6. The molecule has 2 amide bonds. The standard InChI is InChI=1S/C24H30ClN3O6S/c1-16(23(30)26-24(2,3)4)27(13-17-8-6-7-9-19(17)25)22(29)14-28(35(5,31)32)18-10-11-20-21(12-18)34-15-33-20/h6-12,16H,13-15H2,1-5H3,(H,26,30). The van der Waals surface area contributed by atoms with Crippen molar-refractivity contribution in [2.45, 2.75) is 45.8 Å². The third-order valence-corrected chi connectivity index (χ3v) is 6.80. The molecule has 1 heterocycles. The number of sulfonamides is 1. The Morgan fingerprint density at radius 3 is 2.40 bits per heavy atom. The largest absolute Gasteiger partial charge is 0.454 e. The zero-order valence-electron chi connectivity index (χ0n) is 20.4. The van der Waals surface area contributed by atoms with Crippen molar-refractivity contribution in [3.05, 3.63) is 53.1 Å². The molecule has 0 saturated heterocycles. The predicted octanol–water partition coefficient (Wildman–Crippen LogP) is 3.17. The van der Waals surface area contributed by atoms with Crippen LogP contribution in [0.2, 0.25) is 5.02 Å². The number of nitrogens with one attached hydrogen (secondary N) is 1. The Morgan fingerprint density at radius 1 is 1.11 bits per heavy atom. The van der Waals surface area contributed by atoms with E-state index in [-0.39, 0.29) is 24.9 Å². The van der Waals surface area contributed by atoms with Gasteiger partial charge in [-0.1, -0.05) is 29.8 Å². The van der Waals surface area contributed by atoms with Gasteiger partial charge in [0.25, 0.3) is 0 Å². The molecule has 0 bridgehead atoms. The lowest BCUT2D eigenvalue weighted by molar-refractivity contribution is -0.140. The molecule has 0 aliphatic carbocycles. The Labute approximate surface area is 211 Å². The van der Waals surface area contributed by atoms with Gasteiger partial charge in [-0.2, -0.15) is 0 Å². The average molecular weight is 524 g/mol. The molecule has 0 aromatic heterocycles. The number of nitrogens with zero attached hydrogens (tertiary/aromatic N) is 2. The van der Waals surface area contributed by atoms with Crippen molar-refractivity contribution in [3.63, 3.8) is 0 Å². The summed E-state index contributed by atoms with van der Waals surface area (Å²) in [6, 6.07) is 10.7. The van der Waals surface area contributed by atoms with Crippen LogP contribution in [0.5, 0.6) is 11.5 Å². The van der Waals surface area contributed by atoms with Gasteiger partial charge in [0, 0.05) is 23.2 Å². The quantitative estimate of drug-likeness (QED) is 0.570. The number of fused-ring (bicyclic) bond motifs is 1. The van der Waals surface area contributed by atoms with E-state index in [2.05, 4.69) is 5.32 Å². The number of benzene rings is 2. The lowest BCUT2D eigenvalue weighted by Crippen LogP contribution is -2.54. The summed E-state index contributed by atoms with van der Waals surface area (Å²) >= 11 is 6.32. The molecule has 190 valence electrons. The van der Waals surface area contributed by atoms with Gasteiger partial charge >= 0.3 is 0 Å². The minimum Gasteiger partial charge on any atom is -0.454 e. The second-order valence-electron chi connectivity index (χ2n) is 9.34. The minimum absolute atomic E-state index is 0.0238. The van der Waals surface area contributed by atoms with Crippen LogP contribution in [0.25, 0.3) is 0 Å². The van der Waals surface area contributed by atoms with Crippen molar-refractivity contribution >= 4 is 39.1 Å². The fourth-order valence-electron chi connectivity index (χ4n) is 3.52. The maximum atomic E-state index is 13.6. The fourth-order valence-corrected chi connectivity index (χ4v) is 4.56. The molecule has 2 aromatic carbocycles. The van der Waals surface area contributed by atoms with Gasteiger partial charge in [0.15, 0.2) is 11.5 Å². The number of hydrogen-bond acceptors (Lipinski definition) is 6. The van der Waals surface area contributed by atoms with Crippen LogP contribution in [-0.2, 0) is 26.2 Å². The highest BCUT2D eigenvalue weighted by Gasteiger charge is 2.32. The molecule has 11 heteroatoms. The van der Waals surface area contributed by atoms with Gasteiger partial charge in [-0.3, -0.25) is 13.9 Å². The van der Waals surface area contributed by atoms with Crippen molar-refractivity contribution in [1.82, 2.24) is 10.2 Å². The van der Waals surface area contributed by atoms with Crippen molar-refractivity contribution in [1.29, 1.82) is 0 Å². The first kappa shape index (κ1) is 26.6. The molecule has 0 saturated carbocycles. The molecule has 1 aliphatic heterocycles. The first-order chi connectivity index (χ1) is 16.3. The van der Waals surface area contributed by atoms with Crippen LogP contribution in [0.4, 0.5) is 5.69 Å². The van der Waals surface area contributed by atoms with E-state index in [4.69, 9.17) is 21.1 Å². The Morgan fingerprint density at radius 2 is 1.77 bits per heavy atom. The molecule has 1 unspecified atom stereocenters. The SMILES string of the molecule is CC(C(=O)NC(C)(C)C)N(Cc1ccccc1Cl)C(=O)CN(c1ccc2c(c1)OCO2)S(C)(=O)=O. The summed E-state index contributed by atoms with van der Waals surface area (Å²) in [7, 11) is -3.86. The number of halogens is 1. The Bertz CT molecular complexity index is 1210. The van der Waals surface area contributed by atoms with Gasteiger partial charge in [-0.25, -0.2) is 8.42 Å². The van der Waals surface area contributed by atoms with Gasteiger partial charge < -0.3 is 19.7 Å². The van der Waals surface area contributed by atoms with E-state index in [1.54, 1.807) is 37.3 Å². The van der Waals surface area contributed by atoms with Crippen LogP contribution < -0.4 is 19.1 Å². The Hall–Kier alpha value is -2.98. The first-order valence-corrected chi connectivity index (χ1v) is 13.2. The summed E-state index contributed by atoms with van der Waals surface area (Å²) < 4.78 is 37.0. The van der Waals surface area contributed by atoms with E-state index >= 15 is 0 Å². The lowest BCUT2D eigenvalue weighted by Gasteiger charge is -2.33. The smallest absolute Gasteiger partial charge is 0.244 e. The van der Waals surface area contributed by atoms with Crippen molar-refractivity contribution < 1.29 is 27.5 Å². The first-order valence-electron chi connectivity index (χ1n) is 11.0. The van der Waals surface area contributed by atoms with Crippen LogP contribution in [0, 0.1) is 0 Å². The van der Waals surface area contributed by atoms with Gasteiger partial charge in [-0.15, -0.1) is 0 Å². The zero-order valence-corrected chi connectivity index (χ0v) is 21.9. The molecular weight excluding hydrogens is 494 g/mol. The highest BCUT2D eigenvalue weighted by molar-refractivity contribution is 7.92. The van der Waals surface area contributed by atoms with E-state index in [1.807, 2.05) is 20.8 Å². The summed E-state index contributed by atoms with van der Waals surface area (Å²) in [5, 5.41) is 3.30. The van der Waals surface area contributed by atoms with Crippen LogP contribution >= 0.6 is 11.6 Å². The number of anilines is 1. The van der Waals surface area contributed by atoms with Gasteiger partial charge in [-0.05, 0) is 51.5 Å². The van der Waals surface area contributed by atoms with E-state index < -0.39 is 34.1 Å². The van der Waals surface area contributed by atoms with Crippen molar-refractivity contribution in [3.8, 4) is 11.5 Å². The fraction of sp³-hybridized carbons (Fsp3) is 0.417. The molecule has 0 radical (unpaired) electrons. The molecule has 1 N–H and O–H groups in total. The van der Waals surface area contributed by atoms with E-state index in [0.29, 0.717) is 22.1 Å². The third-order valence-electron chi connectivity index (χ3n) is 5.29. The molecule has 35 heavy (non-hydrogen) atoms. The molecule has 1 atom stereocenters. The molecule has 9 nitrogen and oxygen atoms in total. The van der Waals surface area contributed by atoms with E-state index in [9.17, 15) is 18.0 Å². The minimum atomic E-state index is -3.86.